The van der Waals surface area contributed by atoms with Crippen LogP contribution in [-0.2, 0) is 21.9 Å². The topological polar surface area (TPSA) is 92.2 Å². The van der Waals surface area contributed by atoms with Crippen molar-refractivity contribution in [2.24, 2.45) is 0 Å². The molecule has 0 bridgehead atoms. The maximum atomic E-state index is 13.6. The number of sulfonamides is 1. The minimum atomic E-state index is -3.88. The van der Waals surface area contributed by atoms with Gasteiger partial charge in [0.1, 0.15) is 4.70 Å². The summed E-state index contributed by atoms with van der Waals surface area (Å²) in [5.74, 6) is 0. The van der Waals surface area contributed by atoms with Crippen molar-refractivity contribution < 1.29 is 8.42 Å². The van der Waals surface area contributed by atoms with Crippen molar-refractivity contribution in [3.8, 4) is 5.69 Å². The lowest BCUT2D eigenvalue weighted by atomic mass is 9.95. The Morgan fingerprint density at radius 2 is 1.76 bits per heavy atom. The van der Waals surface area contributed by atoms with Gasteiger partial charge in [-0.1, -0.05) is 45.0 Å². The molecular formula is C25H25N3O4S2. The molecule has 0 saturated carbocycles. The number of H-pyrrole nitrogens is 1. The molecule has 1 aliphatic heterocycles. The highest BCUT2D eigenvalue weighted by Gasteiger charge is 2.29. The quantitative estimate of drug-likeness (QED) is 0.462. The molecule has 0 amide bonds. The highest BCUT2D eigenvalue weighted by atomic mass is 32.2. The van der Waals surface area contributed by atoms with Crippen molar-refractivity contribution in [1.29, 1.82) is 0 Å². The third kappa shape index (κ3) is 3.69. The van der Waals surface area contributed by atoms with Crippen LogP contribution in [0.25, 0.3) is 15.9 Å². The average Bonchev–Trinajstić information content (AvgIpc) is 3.24. The summed E-state index contributed by atoms with van der Waals surface area (Å²) in [6, 6.07) is 15.3. The third-order valence-corrected chi connectivity index (χ3v) is 9.40. The van der Waals surface area contributed by atoms with E-state index in [0.29, 0.717) is 22.4 Å². The number of thiophene rings is 1. The van der Waals surface area contributed by atoms with E-state index < -0.39 is 21.3 Å². The normalized spacial score (nSPS) is 14.4. The summed E-state index contributed by atoms with van der Waals surface area (Å²) in [6.07, 6.45) is 1.55. The second kappa shape index (κ2) is 7.95. The van der Waals surface area contributed by atoms with Crippen LogP contribution in [0.3, 0.4) is 0 Å². The van der Waals surface area contributed by atoms with E-state index in [0.717, 1.165) is 27.8 Å². The number of rotatable bonds is 3. The molecule has 0 radical (unpaired) electrons. The number of aryl methyl sites for hydroxylation is 1. The third-order valence-electron chi connectivity index (χ3n) is 6.04. The lowest BCUT2D eigenvalue weighted by Crippen LogP contribution is -2.36. The predicted octanol–water partition coefficient (Wildman–Crippen LogP) is 4.18. The molecule has 176 valence electrons. The molecular weight excluding hydrogens is 470 g/mol. The fourth-order valence-corrected chi connectivity index (χ4v) is 6.95. The number of aromatic amines is 1. The minimum absolute atomic E-state index is 0.0367. The molecule has 34 heavy (non-hydrogen) atoms. The van der Waals surface area contributed by atoms with Gasteiger partial charge in [0.25, 0.3) is 15.6 Å². The number of aromatic nitrogens is 2. The van der Waals surface area contributed by atoms with Crippen molar-refractivity contribution in [3.63, 3.8) is 0 Å². The Morgan fingerprint density at radius 1 is 1.00 bits per heavy atom. The van der Waals surface area contributed by atoms with E-state index in [1.54, 1.807) is 12.1 Å². The van der Waals surface area contributed by atoms with Gasteiger partial charge in [0.15, 0.2) is 0 Å². The number of anilines is 1. The first-order valence-electron chi connectivity index (χ1n) is 11.1. The van der Waals surface area contributed by atoms with Gasteiger partial charge in [0.2, 0.25) is 0 Å². The smallest absolute Gasteiger partial charge is 0.306 e. The van der Waals surface area contributed by atoms with Crippen molar-refractivity contribution in [1.82, 2.24) is 9.55 Å². The molecule has 0 unspecified atom stereocenters. The van der Waals surface area contributed by atoms with Gasteiger partial charge < -0.3 is 4.98 Å². The zero-order valence-corrected chi connectivity index (χ0v) is 20.8. The number of nitrogens with zero attached hydrogens (tertiary/aromatic N) is 2. The Labute approximate surface area is 201 Å². The molecule has 0 saturated heterocycles. The van der Waals surface area contributed by atoms with Crippen LogP contribution in [-0.4, -0.2) is 24.5 Å². The zero-order valence-electron chi connectivity index (χ0n) is 19.2. The lowest BCUT2D eigenvalue weighted by Gasteiger charge is -2.30. The Balaban J connectivity index is 1.63. The summed E-state index contributed by atoms with van der Waals surface area (Å²) >= 11 is 1.34. The Kier molecular flexibility index (Phi) is 5.29. The van der Waals surface area contributed by atoms with E-state index in [9.17, 15) is 18.0 Å². The van der Waals surface area contributed by atoms with E-state index >= 15 is 0 Å². The standard InChI is InChI=1S/C25H25N3O4S2/c1-25(2,3)21-15-19-22(33-21)23(29)28(24(30)26-19)17-10-6-11-18(14-17)34(31,32)27-13-7-9-16-8-4-5-12-20(16)27/h4-6,8,10-12,14-15H,7,9,13H2,1-3H3,(H,26,30). The van der Waals surface area contributed by atoms with E-state index in [-0.39, 0.29) is 16.0 Å². The van der Waals surface area contributed by atoms with Crippen LogP contribution in [0.1, 0.15) is 37.6 Å². The molecule has 2 aromatic heterocycles. The summed E-state index contributed by atoms with van der Waals surface area (Å²) in [4.78, 5) is 30.0. The monoisotopic (exact) mass is 495 g/mol. The van der Waals surface area contributed by atoms with Crippen molar-refractivity contribution >= 4 is 37.3 Å². The van der Waals surface area contributed by atoms with Gasteiger partial charge in [-0.3, -0.25) is 9.10 Å². The molecule has 3 heterocycles. The average molecular weight is 496 g/mol. The predicted molar refractivity (Wildman–Crippen MR) is 136 cm³/mol. The van der Waals surface area contributed by atoms with Crippen LogP contribution >= 0.6 is 11.3 Å². The molecule has 0 spiro atoms. The van der Waals surface area contributed by atoms with Crippen LogP contribution in [0.5, 0.6) is 0 Å². The van der Waals surface area contributed by atoms with E-state index in [1.807, 2.05) is 51.1 Å². The van der Waals surface area contributed by atoms with Crippen LogP contribution < -0.4 is 15.6 Å². The molecule has 4 aromatic rings. The molecule has 1 aliphatic rings. The molecule has 2 aromatic carbocycles. The SMILES string of the molecule is CC(C)(C)c1cc2[nH]c(=O)n(-c3cccc(S(=O)(=O)N4CCCc5ccccc54)c3)c(=O)c2s1. The lowest BCUT2D eigenvalue weighted by molar-refractivity contribution is 0.586. The summed E-state index contributed by atoms with van der Waals surface area (Å²) < 4.78 is 30.0. The minimum Gasteiger partial charge on any atom is -0.306 e. The van der Waals surface area contributed by atoms with Gasteiger partial charge in [0.05, 0.1) is 21.8 Å². The van der Waals surface area contributed by atoms with Crippen LogP contribution in [0, 0.1) is 0 Å². The largest absolute Gasteiger partial charge is 0.333 e. The highest BCUT2D eigenvalue weighted by Crippen LogP contribution is 2.33. The van der Waals surface area contributed by atoms with Gasteiger partial charge in [-0.15, -0.1) is 11.3 Å². The number of hydrogen-bond acceptors (Lipinski definition) is 5. The van der Waals surface area contributed by atoms with Crippen molar-refractivity contribution in [2.75, 3.05) is 10.8 Å². The summed E-state index contributed by atoms with van der Waals surface area (Å²) in [7, 11) is -3.88. The maximum Gasteiger partial charge on any atom is 0.333 e. The first-order valence-corrected chi connectivity index (χ1v) is 13.3. The van der Waals surface area contributed by atoms with Crippen LogP contribution in [0.2, 0.25) is 0 Å². The molecule has 7 nitrogen and oxygen atoms in total. The van der Waals surface area contributed by atoms with Gasteiger partial charge in [-0.2, -0.15) is 0 Å². The summed E-state index contributed by atoms with van der Waals surface area (Å²) in [5.41, 5.74) is 1.13. The first-order chi connectivity index (χ1) is 16.1. The Bertz CT molecular complexity index is 1640. The Morgan fingerprint density at radius 3 is 2.53 bits per heavy atom. The van der Waals surface area contributed by atoms with Crippen molar-refractivity contribution in [3.05, 3.63) is 85.9 Å². The number of hydrogen-bond donors (Lipinski definition) is 1. The summed E-state index contributed by atoms with van der Waals surface area (Å²) in [6.45, 7) is 6.51. The van der Waals surface area contributed by atoms with E-state index in [2.05, 4.69) is 4.98 Å². The van der Waals surface area contributed by atoms with Crippen LogP contribution in [0.4, 0.5) is 5.69 Å². The van der Waals surface area contributed by atoms with E-state index in [1.165, 1.54) is 27.8 Å². The number of para-hydroxylation sites is 1. The second-order valence-corrected chi connectivity index (χ2v) is 12.4. The Hall–Kier alpha value is -3.17. The number of benzene rings is 2. The van der Waals surface area contributed by atoms with E-state index in [4.69, 9.17) is 0 Å². The molecule has 5 rings (SSSR count). The molecule has 0 aliphatic carbocycles. The maximum absolute atomic E-state index is 13.6. The van der Waals surface area contributed by atoms with Gasteiger partial charge >= 0.3 is 5.69 Å². The number of nitrogens with one attached hydrogen (secondary N) is 1. The van der Waals surface area contributed by atoms with Gasteiger partial charge in [-0.05, 0) is 54.2 Å². The molecule has 0 fully saturated rings. The second-order valence-electron chi connectivity index (χ2n) is 9.48. The van der Waals surface area contributed by atoms with Gasteiger partial charge in [-0.25, -0.2) is 17.8 Å². The molecule has 0 atom stereocenters. The fraction of sp³-hybridized carbons (Fsp3) is 0.280. The first kappa shape index (κ1) is 22.6. The van der Waals surface area contributed by atoms with Crippen molar-refractivity contribution in [2.45, 2.75) is 43.9 Å². The van der Waals surface area contributed by atoms with Gasteiger partial charge in [0, 0.05) is 11.4 Å². The summed E-state index contributed by atoms with van der Waals surface area (Å²) in [5, 5.41) is 0. The highest BCUT2D eigenvalue weighted by molar-refractivity contribution is 7.92. The molecule has 1 N–H and O–H groups in total. The fourth-order valence-electron chi connectivity index (χ4n) is 4.27. The zero-order chi connectivity index (χ0) is 24.3. The molecule has 9 heteroatoms. The number of fused-ring (bicyclic) bond motifs is 2. The van der Waals surface area contributed by atoms with Crippen LogP contribution in [0.15, 0.2) is 69.1 Å².